The summed E-state index contributed by atoms with van der Waals surface area (Å²) in [7, 11) is 0. The Hall–Kier alpha value is -3.08. The van der Waals surface area contributed by atoms with Crippen molar-refractivity contribution in [2.24, 2.45) is 0 Å². The topological polar surface area (TPSA) is 47.5 Å². The van der Waals surface area contributed by atoms with Crippen molar-refractivity contribution in [3.8, 4) is 5.82 Å². The van der Waals surface area contributed by atoms with E-state index < -0.39 is 0 Å². The van der Waals surface area contributed by atoms with E-state index in [9.17, 15) is 0 Å². The van der Waals surface area contributed by atoms with E-state index >= 15 is 0 Å². The summed E-state index contributed by atoms with van der Waals surface area (Å²) in [6.45, 7) is 4.82. The fraction of sp³-hybridized carbons (Fsp3) is 0.158. The van der Waals surface area contributed by atoms with Crippen molar-refractivity contribution in [3.63, 3.8) is 0 Å². The van der Waals surface area contributed by atoms with Gasteiger partial charge in [0.1, 0.15) is 18.9 Å². The van der Waals surface area contributed by atoms with Crippen molar-refractivity contribution in [3.05, 3.63) is 78.3 Å². The Kier molecular flexibility index (Phi) is 3.54. The van der Waals surface area contributed by atoms with Gasteiger partial charge in [-0.25, -0.2) is 9.55 Å². The quantitative estimate of drug-likeness (QED) is 0.546. The molecular weight excluding hydrogens is 298 g/mol. The van der Waals surface area contributed by atoms with Crippen LogP contribution in [0.2, 0.25) is 0 Å². The molecule has 4 aromatic rings. The van der Waals surface area contributed by atoms with Crippen molar-refractivity contribution in [1.82, 2.24) is 19.5 Å². The zero-order chi connectivity index (χ0) is 16.5. The van der Waals surface area contributed by atoms with Gasteiger partial charge >= 0.3 is 0 Å². The van der Waals surface area contributed by atoms with Gasteiger partial charge in [-0.15, -0.1) is 0 Å². The molecule has 0 radical (unpaired) electrons. The molecule has 0 saturated heterocycles. The first kappa shape index (κ1) is 14.5. The number of fused-ring (bicyclic) bond motifs is 1. The monoisotopic (exact) mass is 316 g/mol. The summed E-state index contributed by atoms with van der Waals surface area (Å²) in [6.07, 6.45) is 7.86. The lowest BCUT2D eigenvalue weighted by atomic mass is 10.1. The number of hydrogen-bond donors (Lipinski definition) is 0. The van der Waals surface area contributed by atoms with Crippen LogP contribution in [0.5, 0.6) is 0 Å². The third-order valence-electron chi connectivity index (χ3n) is 4.02. The SMILES string of the molecule is Cc1cc(C)c2ccc(-n3cc[n+](Cc4ccccn4)c3)nc2n1. The predicted molar refractivity (Wildman–Crippen MR) is 91.9 cm³/mol. The molecule has 4 rings (SSSR count). The van der Waals surface area contributed by atoms with Crippen LogP contribution in [-0.4, -0.2) is 19.5 Å². The molecule has 5 nitrogen and oxygen atoms in total. The highest BCUT2D eigenvalue weighted by Gasteiger charge is 2.11. The van der Waals surface area contributed by atoms with Gasteiger partial charge in [0, 0.05) is 23.3 Å². The number of aromatic nitrogens is 5. The molecule has 0 amide bonds. The van der Waals surface area contributed by atoms with Crippen LogP contribution in [-0.2, 0) is 6.54 Å². The Balaban J connectivity index is 1.68. The van der Waals surface area contributed by atoms with E-state index in [0.717, 1.165) is 34.8 Å². The first-order valence-corrected chi connectivity index (χ1v) is 7.91. The Morgan fingerprint density at radius 2 is 2.00 bits per heavy atom. The lowest BCUT2D eigenvalue weighted by Crippen LogP contribution is -2.32. The zero-order valence-corrected chi connectivity index (χ0v) is 13.7. The van der Waals surface area contributed by atoms with E-state index in [0.29, 0.717) is 0 Å². The standard InChI is InChI=1S/C19H18N5/c1-14-11-15(2)21-19-17(14)6-7-18(22-19)24-10-9-23(13-24)12-16-5-3-4-8-20-16/h3-11,13H,12H2,1-2H3/q+1. The Morgan fingerprint density at radius 1 is 1.08 bits per heavy atom. The maximum atomic E-state index is 4.71. The van der Waals surface area contributed by atoms with Crippen LogP contribution in [0.1, 0.15) is 17.0 Å². The molecular formula is C19H18N5+. The second-order valence-electron chi connectivity index (χ2n) is 5.94. The van der Waals surface area contributed by atoms with Crippen LogP contribution in [0.25, 0.3) is 16.9 Å². The van der Waals surface area contributed by atoms with Crippen molar-refractivity contribution < 1.29 is 4.57 Å². The summed E-state index contributed by atoms with van der Waals surface area (Å²) in [4.78, 5) is 13.6. The van der Waals surface area contributed by atoms with E-state index in [2.05, 4.69) is 33.6 Å². The first-order chi connectivity index (χ1) is 11.7. The van der Waals surface area contributed by atoms with Crippen LogP contribution < -0.4 is 4.57 Å². The smallest absolute Gasteiger partial charge is 0.250 e. The molecule has 0 N–H and O–H groups in total. The number of aryl methyl sites for hydroxylation is 2. The average Bonchev–Trinajstić information content (AvgIpc) is 3.03. The summed E-state index contributed by atoms with van der Waals surface area (Å²) in [5.74, 6) is 0.861. The summed E-state index contributed by atoms with van der Waals surface area (Å²) >= 11 is 0. The highest BCUT2D eigenvalue weighted by molar-refractivity contribution is 5.79. The second kappa shape index (κ2) is 5.85. The summed E-state index contributed by atoms with van der Waals surface area (Å²) in [5, 5.41) is 1.10. The molecule has 24 heavy (non-hydrogen) atoms. The largest absolute Gasteiger partial charge is 0.257 e. The highest BCUT2D eigenvalue weighted by Crippen LogP contribution is 2.17. The molecule has 4 aromatic heterocycles. The molecule has 0 unspecified atom stereocenters. The molecule has 0 saturated carbocycles. The minimum absolute atomic E-state index is 0.734. The first-order valence-electron chi connectivity index (χ1n) is 7.91. The molecule has 0 aliphatic heterocycles. The minimum Gasteiger partial charge on any atom is -0.257 e. The van der Waals surface area contributed by atoms with Gasteiger partial charge in [0.15, 0.2) is 5.65 Å². The molecule has 118 valence electrons. The molecule has 0 atom stereocenters. The van der Waals surface area contributed by atoms with Gasteiger partial charge in [0.2, 0.25) is 5.82 Å². The number of rotatable bonds is 3. The van der Waals surface area contributed by atoms with E-state index in [4.69, 9.17) is 4.98 Å². The molecule has 0 aliphatic rings. The fourth-order valence-corrected chi connectivity index (χ4v) is 2.87. The van der Waals surface area contributed by atoms with Crippen LogP contribution in [0.4, 0.5) is 0 Å². The lowest BCUT2D eigenvalue weighted by molar-refractivity contribution is -0.688. The number of pyridine rings is 3. The highest BCUT2D eigenvalue weighted by atomic mass is 15.2. The average molecular weight is 316 g/mol. The molecule has 0 bridgehead atoms. The van der Waals surface area contributed by atoms with Crippen molar-refractivity contribution in [2.45, 2.75) is 20.4 Å². The zero-order valence-electron chi connectivity index (χ0n) is 13.7. The Labute approximate surface area is 140 Å². The second-order valence-corrected chi connectivity index (χ2v) is 5.94. The summed E-state index contributed by atoms with van der Waals surface area (Å²) in [5.41, 5.74) is 4.01. The molecule has 0 aliphatic carbocycles. The van der Waals surface area contributed by atoms with Crippen molar-refractivity contribution in [2.75, 3.05) is 0 Å². The van der Waals surface area contributed by atoms with E-state index in [-0.39, 0.29) is 0 Å². The lowest BCUT2D eigenvalue weighted by Gasteiger charge is -2.03. The van der Waals surface area contributed by atoms with E-state index in [1.807, 2.05) is 60.7 Å². The van der Waals surface area contributed by atoms with Gasteiger partial charge in [-0.05, 0) is 43.7 Å². The maximum Gasteiger partial charge on any atom is 0.250 e. The van der Waals surface area contributed by atoms with Crippen LogP contribution in [0.3, 0.4) is 0 Å². The van der Waals surface area contributed by atoms with Gasteiger partial charge in [0.05, 0.1) is 5.69 Å². The van der Waals surface area contributed by atoms with E-state index in [1.165, 1.54) is 5.56 Å². The molecule has 0 aromatic carbocycles. The fourth-order valence-electron chi connectivity index (χ4n) is 2.87. The van der Waals surface area contributed by atoms with Crippen LogP contribution in [0.15, 0.2) is 61.3 Å². The summed E-state index contributed by atoms with van der Waals surface area (Å²) < 4.78 is 4.09. The number of imidazole rings is 1. The van der Waals surface area contributed by atoms with Gasteiger partial charge in [-0.2, -0.15) is 9.55 Å². The summed E-state index contributed by atoms with van der Waals surface area (Å²) in [6, 6.07) is 12.1. The van der Waals surface area contributed by atoms with Gasteiger partial charge < -0.3 is 0 Å². The van der Waals surface area contributed by atoms with Crippen molar-refractivity contribution >= 4 is 11.0 Å². The van der Waals surface area contributed by atoms with E-state index in [1.54, 1.807) is 0 Å². The molecule has 0 fully saturated rings. The van der Waals surface area contributed by atoms with Gasteiger partial charge in [-0.1, -0.05) is 6.07 Å². The molecule has 5 heteroatoms. The van der Waals surface area contributed by atoms with Crippen molar-refractivity contribution in [1.29, 1.82) is 0 Å². The Bertz CT molecular complexity index is 1000. The molecule has 4 heterocycles. The normalized spacial score (nSPS) is 11.1. The number of hydrogen-bond acceptors (Lipinski definition) is 3. The minimum atomic E-state index is 0.734. The third-order valence-corrected chi connectivity index (χ3v) is 4.02. The van der Waals surface area contributed by atoms with Crippen LogP contribution >= 0.6 is 0 Å². The van der Waals surface area contributed by atoms with Gasteiger partial charge in [0.25, 0.3) is 6.33 Å². The third kappa shape index (κ3) is 2.76. The number of nitrogens with zero attached hydrogens (tertiary/aromatic N) is 5. The Morgan fingerprint density at radius 3 is 2.83 bits per heavy atom. The predicted octanol–water partition coefficient (Wildman–Crippen LogP) is 2.77. The maximum absolute atomic E-state index is 4.71. The van der Waals surface area contributed by atoms with Crippen LogP contribution in [0, 0.1) is 13.8 Å². The molecule has 0 spiro atoms. The van der Waals surface area contributed by atoms with Gasteiger partial charge in [-0.3, -0.25) is 4.98 Å².